The molecule has 1 aromatic heterocycles. The zero-order valence-electron chi connectivity index (χ0n) is 23.0. The van der Waals surface area contributed by atoms with Gasteiger partial charge in [-0.15, -0.1) is 0 Å². The van der Waals surface area contributed by atoms with Gasteiger partial charge in [-0.1, -0.05) is 37.5 Å². The molecule has 1 aliphatic heterocycles. The van der Waals surface area contributed by atoms with Gasteiger partial charge in [0.2, 0.25) is 12.0 Å². The topological polar surface area (TPSA) is 112 Å². The molecule has 1 aliphatic carbocycles. The predicted molar refractivity (Wildman–Crippen MR) is 147 cm³/mol. The number of anilines is 1. The first-order valence-electron chi connectivity index (χ1n) is 13.6. The van der Waals surface area contributed by atoms with Crippen molar-refractivity contribution in [2.75, 3.05) is 18.6 Å². The van der Waals surface area contributed by atoms with Gasteiger partial charge in [0.25, 0.3) is 5.91 Å². The Morgan fingerprint density at radius 3 is 2.52 bits per heavy atom. The molecule has 2 atom stereocenters. The van der Waals surface area contributed by atoms with E-state index in [0.717, 1.165) is 32.1 Å². The van der Waals surface area contributed by atoms with Crippen LogP contribution in [0, 0.1) is 6.92 Å². The van der Waals surface area contributed by atoms with Gasteiger partial charge in [0, 0.05) is 30.5 Å². The van der Waals surface area contributed by atoms with Crippen LogP contribution in [-0.2, 0) is 21.4 Å². The van der Waals surface area contributed by atoms with Gasteiger partial charge in [0.05, 0.1) is 18.4 Å². The summed E-state index contributed by atoms with van der Waals surface area (Å²) in [4.78, 5) is 42.4. The molecule has 0 radical (unpaired) electrons. The lowest BCUT2D eigenvalue weighted by Gasteiger charge is -2.36. The van der Waals surface area contributed by atoms with E-state index in [0.29, 0.717) is 28.4 Å². The summed E-state index contributed by atoms with van der Waals surface area (Å²) in [6.45, 7) is 1.77. The summed E-state index contributed by atoms with van der Waals surface area (Å²) in [5, 5.41) is 7.66. The molecule has 3 aromatic rings. The Labute approximate surface area is 233 Å². The fourth-order valence-corrected chi connectivity index (χ4v) is 5.41. The number of rotatable bonds is 7. The molecule has 1 fully saturated rings. The predicted octanol–water partition coefficient (Wildman–Crippen LogP) is 3.88. The van der Waals surface area contributed by atoms with Crippen molar-refractivity contribution in [3.63, 3.8) is 0 Å². The van der Waals surface area contributed by atoms with Gasteiger partial charge in [0.15, 0.2) is 11.5 Å². The minimum Gasteiger partial charge on any atom is -0.485 e. The second-order valence-electron chi connectivity index (χ2n) is 10.2. The van der Waals surface area contributed by atoms with Gasteiger partial charge in [-0.25, -0.2) is 4.79 Å². The number of carbonyl (C=O) groups is 3. The highest BCUT2D eigenvalue weighted by Gasteiger charge is 2.41. The summed E-state index contributed by atoms with van der Waals surface area (Å²) in [6.07, 6.45) is 5.70. The zero-order chi connectivity index (χ0) is 28.2. The lowest BCUT2D eigenvalue weighted by atomic mass is 9.94. The van der Waals surface area contributed by atoms with Crippen LogP contribution in [-0.4, -0.2) is 53.4 Å². The summed E-state index contributed by atoms with van der Waals surface area (Å²) in [5.74, 6) is -0.377. The van der Waals surface area contributed by atoms with Gasteiger partial charge in [-0.3, -0.25) is 19.2 Å². The third-order valence-electron chi connectivity index (χ3n) is 7.37. The maximum absolute atomic E-state index is 14.4. The van der Waals surface area contributed by atoms with Crippen LogP contribution in [0.25, 0.3) is 0 Å². The van der Waals surface area contributed by atoms with Gasteiger partial charge < -0.3 is 19.5 Å². The van der Waals surface area contributed by atoms with Crippen molar-refractivity contribution < 1.29 is 28.6 Å². The van der Waals surface area contributed by atoms with Crippen molar-refractivity contribution in [1.82, 2.24) is 15.1 Å². The van der Waals surface area contributed by atoms with Crippen LogP contribution >= 0.6 is 0 Å². The SMILES string of the molecule is COC(=O)c1cccc(N(C(=O)C2COc3ccccc3O2)C(C(=O)NC2CCCCC2)c2cn(C)nc2C)c1. The number of carbonyl (C=O) groups excluding carboxylic acids is 3. The fourth-order valence-electron chi connectivity index (χ4n) is 5.41. The van der Waals surface area contributed by atoms with Crippen molar-refractivity contribution in [1.29, 1.82) is 0 Å². The van der Waals surface area contributed by atoms with Gasteiger partial charge >= 0.3 is 5.97 Å². The first kappa shape index (κ1) is 27.2. The second-order valence-corrected chi connectivity index (χ2v) is 10.2. The number of hydrogen-bond donors (Lipinski definition) is 1. The van der Waals surface area contributed by atoms with E-state index in [9.17, 15) is 14.4 Å². The van der Waals surface area contributed by atoms with E-state index in [2.05, 4.69) is 10.4 Å². The molecule has 2 amide bonds. The number of para-hydroxylation sites is 2. The molecule has 1 N–H and O–H groups in total. The smallest absolute Gasteiger partial charge is 0.337 e. The molecule has 5 rings (SSSR count). The van der Waals surface area contributed by atoms with Crippen LogP contribution < -0.4 is 19.7 Å². The van der Waals surface area contributed by atoms with Crippen LogP contribution in [0.15, 0.2) is 54.7 Å². The molecule has 0 saturated heterocycles. The molecule has 2 unspecified atom stereocenters. The number of hydrogen-bond acceptors (Lipinski definition) is 7. The molecule has 40 heavy (non-hydrogen) atoms. The summed E-state index contributed by atoms with van der Waals surface area (Å²) < 4.78 is 18.5. The number of fused-ring (bicyclic) bond motifs is 1. The third kappa shape index (κ3) is 5.66. The summed E-state index contributed by atoms with van der Waals surface area (Å²) in [5.41, 5.74) is 1.78. The summed E-state index contributed by atoms with van der Waals surface area (Å²) in [7, 11) is 3.06. The first-order valence-corrected chi connectivity index (χ1v) is 13.6. The molecule has 0 bridgehead atoms. The number of benzene rings is 2. The van der Waals surface area contributed by atoms with Crippen LogP contribution in [0.5, 0.6) is 11.5 Å². The molecule has 10 heteroatoms. The standard InChI is InChI=1S/C30H34N4O6/c1-19-23(17-33(2)32-19)27(28(35)31-21-11-5-4-6-12-21)34(22-13-9-10-20(16-22)30(37)38-3)29(36)26-18-39-24-14-7-8-15-25(24)40-26/h7-10,13-17,21,26-27H,4-6,11-12,18H2,1-3H3,(H,31,35). The Morgan fingerprint density at radius 1 is 1.07 bits per heavy atom. The highest BCUT2D eigenvalue weighted by molar-refractivity contribution is 6.04. The van der Waals surface area contributed by atoms with E-state index >= 15 is 0 Å². The van der Waals surface area contributed by atoms with E-state index in [-0.39, 0.29) is 24.1 Å². The summed E-state index contributed by atoms with van der Waals surface area (Å²) >= 11 is 0. The molecule has 2 aromatic carbocycles. The van der Waals surface area contributed by atoms with E-state index in [1.54, 1.807) is 67.3 Å². The zero-order valence-corrected chi connectivity index (χ0v) is 23.0. The Bertz CT molecular complexity index is 1400. The van der Waals surface area contributed by atoms with Gasteiger partial charge in [-0.2, -0.15) is 5.10 Å². The number of nitrogens with zero attached hydrogens (tertiary/aromatic N) is 3. The maximum atomic E-state index is 14.4. The van der Waals surface area contributed by atoms with Gasteiger partial charge in [0.1, 0.15) is 12.6 Å². The highest BCUT2D eigenvalue weighted by Crippen LogP contribution is 2.35. The van der Waals surface area contributed by atoms with Crippen LogP contribution in [0.4, 0.5) is 5.69 Å². The lowest BCUT2D eigenvalue weighted by Crippen LogP contribution is -2.52. The van der Waals surface area contributed by atoms with E-state index in [1.165, 1.54) is 12.0 Å². The van der Waals surface area contributed by atoms with Crippen LogP contribution in [0.1, 0.15) is 59.8 Å². The highest BCUT2D eigenvalue weighted by atomic mass is 16.6. The molecule has 10 nitrogen and oxygen atoms in total. The molecule has 0 spiro atoms. The Balaban J connectivity index is 1.59. The monoisotopic (exact) mass is 546 g/mol. The van der Waals surface area contributed by atoms with Crippen LogP contribution in [0.3, 0.4) is 0 Å². The number of ether oxygens (including phenoxy) is 3. The second kappa shape index (κ2) is 11.8. The number of aryl methyl sites for hydroxylation is 2. The van der Waals surface area contributed by atoms with E-state index in [4.69, 9.17) is 14.2 Å². The molecule has 1 saturated carbocycles. The van der Waals surface area contributed by atoms with Crippen molar-refractivity contribution in [2.24, 2.45) is 7.05 Å². The number of aromatic nitrogens is 2. The molecule has 210 valence electrons. The van der Waals surface area contributed by atoms with E-state index in [1.807, 2.05) is 6.07 Å². The normalized spacial score (nSPS) is 17.5. The van der Waals surface area contributed by atoms with Crippen molar-refractivity contribution >= 4 is 23.5 Å². The maximum Gasteiger partial charge on any atom is 0.337 e. The first-order chi connectivity index (χ1) is 19.4. The quantitative estimate of drug-likeness (QED) is 0.448. The summed E-state index contributed by atoms with van der Waals surface area (Å²) in [6, 6.07) is 12.6. The minimum atomic E-state index is -1.07. The molecule has 2 heterocycles. The molecular weight excluding hydrogens is 512 g/mol. The van der Waals surface area contributed by atoms with Gasteiger partial charge in [-0.05, 0) is 50.1 Å². The Kier molecular flexibility index (Phi) is 8.04. The number of nitrogens with one attached hydrogen (secondary N) is 1. The van der Waals surface area contributed by atoms with Crippen molar-refractivity contribution in [2.45, 2.75) is 57.2 Å². The minimum absolute atomic E-state index is 0.0141. The number of esters is 1. The molecule has 2 aliphatic rings. The average Bonchev–Trinajstić information content (AvgIpc) is 3.31. The number of amides is 2. The van der Waals surface area contributed by atoms with Crippen molar-refractivity contribution in [3.8, 4) is 11.5 Å². The number of methoxy groups -OCH3 is 1. The Hall–Kier alpha value is -4.34. The van der Waals surface area contributed by atoms with Crippen LogP contribution in [0.2, 0.25) is 0 Å². The van der Waals surface area contributed by atoms with E-state index < -0.39 is 24.0 Å². The molecular formula is C30H34N4O6. The average molecular weight is 547 g/mol. The largest absolute Gasteiger partial charge is 0.485 e. The van der Waals surface area contributed by atoms with Crippen molar-refractivity contribution in [3.05, 3.63) is 71.5 Å². The lowest BCUT2D eigenvalue weighted by molar-refractivity contribution is -0.132. The third-order valence-corrected chi connectivity index (χ3v) is 7.37. The Morgan fingerprint density at radius 2 is 1.82 bits per heavy atom. The fraction of sp³-hybridized carbons (Fsp3) is 0.400.